The normalized spacial score (nSPS) is 14.1. The molecule has 1 heterocycles. The number of hydrogen-bond donors (Lipinski definition) is 3. The van der Waals surface area contributed by atoms with Crippen molar-refractivity contribution >= 4 is 11.9 Å². The lowest BCUT2D eigenvalue weighted by atomic mass is 9.78. The molecule has 2 unspecified atom stereocenters. The third-order valence-corrected chi connectivity index (χ3v) is 6.24. The number of carboxylic acid groups (broad SMARTS) is 1. The van der Waals surface area contributed by atoms with Gasteiger partial charge in [0.25, 0.3) is 5.91 Å². The average Bonchev–Trinajstić information content (AvgIpc) is 3.21. The van der Waals surface area contributed by atoms with Crippen LogP contribution in [0.25, 0.3) is 5.69 Å². The van der Waals surface area contributed by atoms with Gasteiger partial charge in [-0.05, 0) is 37.0 Å². The van der Waals surface area contributed by atoms with E-state index in [2.05, 4.69) is 10.4 Å². The number of rotatable bonds is 9. The summed E-state index contributed by atoms with van der Waals surface area (Å²) in [6.45, 7) is 8.94. The summed E-state index contributed by atoms with van der Waals surface area (Å²) in [5.74, 6) is -2.25. The van der Waals surface area contributed by atoms with Crippen molar-refractivity contribution in [3.63, 3.8) is 0 Å². The van der Waals surface area contributed by atoms with E-state index in [1.807, 2.05) is 33.8 Å². The second-order valence-electron chi connectivity index (χ2n) is 10.1. The maximum Gasteiger partial charge on any atom is 0.305 e. The molecule has 0 aliphatic heterocycles. The highest BCUT2D eigenvalue weighted by atomic mass is 19.1. The minimum atomic E-state index is -1.24. The van der Waals surface area contributed by atoms with Crippen LogP contribution in [0.15, 0.2) is 54.6 Å². The van der Waals surface area contributed by atoms with Crippen molar-refractivity contribution < 1.29 is 28.9 Å². The number of carbonyl (C=O) groups is 2. The Hall–Kier alpha value is -3.72. The van der Waals surface area contributed by atoms with E-state index in [9.17, 15) is 24.2 Å². The first kappa shape index (κ1) is 26.9. The first-order valence-electron chi connectivity index (χ1n) is 11.6. The summed E-state index contributed by atoms with van der Waals surface area (Å²) in [6.07, 6.45) is -0.332. The number of para-hydroxylation sites is 1. The molecule has 3 rings (SSSR count). The number of amides is 1. The summed E-state index contributed by atoms with van der Waals surface area (Å²) in [6, 6.07) is 13.6. The van der Waals surface area contributed by atoms with Gasteiger partial charge < -0.3 is 20.3 Å². The highest BCUT2D eigenvalue weighted by molar-refractivity contribution is 5.93. The largest absolute Gasteiger partial charge is 0.481 e. The van der Waals surface area contributed by atoms with Crippen molar-refractivity contribution in [3.8, 4) is 11.6 Å². The highest BCUT2D eigenvalue weighted by Gasteiger charge is 2.36. The van der Waals surface area contributed by atoms with Crippen molar-refractivity contribution in [1.82, 2.24) is 15.1 Å². The summed E-state index contributed by atoms with van der Waals surface area (Å²) in [4.78, 5) is 24.6. The van der Waals surface area contributed by atoms with E-state index in [0.29, 0.717) is 5.56 Å². The van der Waals surface area contributed by atoms with E-state index in [1.165, 1.54) is 24.3 Å². The van der Waals surface area contributed by atoms with E-state index in [-0.39, 0.29) is 30.3 Å². The standard InChI is InChI=1S/C27H32FN3O5/c1-17-9-8-10-18(13-17)20(15-24(32)33)29-25(34)21-14-23(36-16-27(5,35)26(2,3)4)31(30-21)22-12-7-6-11-19(22)28/h6-14,20,35H,15-16H2,1-5H3,(H,29,34)(H,32,33). The minimum absolute atomic E-state index is 0.0557. The Morgan fingerprint density at radius 2 is 1.81 bits per heavy atom. The second-order valence-corrected chi connectivity index (χ2v) is 10.1. The predicted octanol–water partition coefficient (Wildman–Crippen LogP) is 4.44. The molecule has 0 aliphatic rings. The zero-order valence-corrected chi connectivity index (χ0v) is 21.1. The fraction of sp³-hybridized carbons (Fsp3) is 0.370. The van der Waals surface area contributed by atoms with E-state index in [0.717, 1.165) is 10.2 Å². The molecule has 0 saturated carbocycles. The predicted molar refractivity (Wildman–Crippen MR) is 133 cm³/mol. The summed E-state index contributed by atoms with van der Waals surface area (Å²) >= 11 is 0. The number of aliphatic carboxylic acids is 1. The second kappa shape index (κ2) is 10.5. The molecule has 0 radical (unpaired) electrons. The molecule has 8 nitrogen and oxygen atoms in total. The van der Waals surface area contributed by atoms with Gasteiger partial charge in [-0.1, -0.05) is 62.7 Å². The van der Waals surface area contributed by atoms with E-state index in [1.54, 1.807) is 31.2 Å². The number of carboxylic acids is 1. The lowest BCUT2D eigenvalue weighted by molar-refractivity contribution is -0.137. The highest BCUT2D eigenvalue weighted by Crippen LogP contribution is 2.31. The third kappa shape index (κ3) is 6.28. The van der Waals surface area contributed by atoms with Gasteiger partial charge in [0, 0.05) is 6.07 Å². The molecular formula is C27H32FN3O5. The first-order chi connectivity index (χ1) is 16.8. The molecule has 0 saturated heterocycles. The Morgan fingerprint density at radius 1 is 1.11 bits per heavy atom. The molecule has 192 valence electrons. The monoisotopic (exact) mass is 497 g/mol. The van der Waals surface area contributed by atoms with Gasteiger partial charge >= 0.3 is 5.97 Å². The Bertz CT molecular complexity index is 1250. The number of ether oxygens (including phenoxy) is 1. The van der Waals surface area contributed by atoms with Gasteiger partial charge in [0.2, 0.25) is 5.88 Å². The van der Waals surface area contributed by atoms with Gasteiger partial charge in [0.15, 0.2) is 5.69 Å². The van der Waals surface area contributed by atoms with Gasteiger partial charge in [-0.15, -0.1) is 0 Å². The summed E-state index contributed by atoms with van der Waals surface area (Å²) in [5, 5.41) is 27.2. The van der Waals surface area contributed by atoms with E-state index < -0.39 is 34.8 Å². The van der Waals surface area contributed by atoms with Crippen molar-refractivity contribution in [3.05, 3.63) is 77.2 Å². The fourth-order valence-electron chi connectivity index (χ4n) is 3.35. The molecule has 3 aromatic rings. The van der Waals surface area contributed by atoms with Crippen molar-refractivity contribution in [2.24, 2.45) is 5.41 Å². The SMILES string of the molecule is Cc1cccc(C(CC(=O)O)NC(=O)c2cc(OCC(C)(O)C(C)(C)C)n(-c3ccccc3F)n2)c1. The van der Waals surface area contributed by atoms with Crippen molar-refractivity contribution in [2.75, 3.05) is 6.61 Å². The molecular weight excluding hydrogens is 465 g/mol. The molecule has 3 N–H and O–H groups in total. The van der Waals surface area contributed by atoms with Crippen LogP contribution in [0.2, 0.25) is 0 Å². The fourth-order valence-corrected chi connectivity index (χ4v) is 3.35. The number of benzene rings is 2. The van der Waals surface area contributed by atoms with Gasteiger partial charge in [0.05, 0.1) is 12.5 Å². The molecule has 2 aromatic carbocycles. The molecule has 0 spiro atoms. The minimum Gasteiger partial charge on any atom is -0.481 e. The number of nitrogens with zero attached hydrogens (tertiary/aromatic N) is 2. The summed E-state index contributed by atoms with van der Waals surface area (Å²) in [7, 11) is 0. The Kier molecular flexibility index (Phi) is 7.83. The lowest BCUT2D eigenvalue weighted by Gasteiger charge is -2.36. The number of nitrogens with one attached hydrogen (secondary N) is 1. The maximum atomic E-state index is 14.6. The Morgan fingerprint density at radius 3 is 2.42 bits per heavy atom. The molecule has 0 bridgehead atoms. The quantitative estimate of drug-likeness (QED) is 0.403. The maximum absolute atomic E-state index is 14.6. The average molecular weight is 498 g/mol. The first-order valence-corrected chi connectivity index (χ1v) is 11.6. The summed E-state index contributed by atoms with van der Waals surface area (Å²) in [5.41, 5.74) is -0.236. The molecule has 0 fully saturated rings. The van der Waals surface area contributed by atoms with Crippen LogP contribution in [-0.4, -0.2) is 44.1 Å². The lowest BCUT2D eigenvalue weighted by Crippen LogP contribution is -2.45. The van der Waals surface area contributed by atoms with Crippen LogP contribution >= 0.6 is 0 Å². The van der Waals surface area contributed by atoms with Crippen LogP contribution in [-0.2, 0) is 4.79 Å². The number of hydrogen-bond acceptors (Lipinski definition) is 5. The van der Waals surface area contributed by atoms with Crippen LogP contribution in [0.5, 0.6) is 5.88 Å². The Labute approximate surface area is 209 Å². The summed E-state index contributed by atoms with van der Waals surface area (Å²) < 4.78 is 21.6. The van der Waals surface area contributed by atoms with Gasteiger partial charge in [-0.25, -0.2) is 4.39 Å². The van der Waals surface area contributed by atoms with Crippen LogP contribution in [0, 0.1) is 18.2 Å². The van der Waals surface area contributed by atoms with Crippen LogP contribution in [0.4, 0.5) is 4.39 Å². The van der Waals surface area contributed by atoms with E-state index in [4.69, 9.17) is 4.74 Å². The van der Waals surface area contributed by atoms with E-state index >= 15 is 0 Å². The van der Waals surface area contributed by atoms with Crippen molar-refractivity contribution in [1.29, 1.82) is 0 Å². The third-order valence-electron chi connectivity index (χ3n) is 6.24. The molecule has 0 aliphatic carbocycles. The van der Waals surface area contributed by atoms with Crippen LogP contribution < -0.4 is 10.1 Å². The zero-order valence-electron chi connectivity index (χ0n) is 21.1. The topological polar surface area (TPSA) is 114 Å². The number of aromatic nitrogens is 2. The molecule has 36 heavy (non-hydrogen) atoms. The zero-order chi connectivity index (χ0) is 26.7. The number of carbonyl (C=O) groups excluding carboxylic acids is 1. The van der Waals surface area contributed by atoms with Gasteiger partial charge in [-0.2, -0.15) is 9.78 Å². The number of halogens is 1. The molecule has 1 amide bonds. The van der Waals surface area contributed by atoms with Crippen LogP contribution in [0.1, 0.15) is 61.8 Å². The van der Waals surface area contributed by atoms with Gasteiger partial charge in [-0.3, -0.25) is 9.59 Å². The smallest absolute Gasteiger partial charge is 0.305 e. The number of aryl methyl sites for hydroxylation is 1. The molecule has 2 atom stereocenters. The van der Waals surface area contributed by atoms with Gasteiger partial charge in [0.1, 0.15) is 23.7 Å². The van der Waals surface area contributed by atoms with Crippen molar-refractivity contribution in [2.45, 2.75) is 52.7 Å². The molecule has 9 heteroatoms. The van der Waals surface area contributed by atoms with Crippen LogP contribution in [0.3, 0.4) is 0 Å². The number of aliphatic hydroxyl groups is 1. The molecule has 1 aromatic heterocycles. The Balaban J connectivity index is 1.96.